The van der Waals surface area contributed by atoms with Crippen molar-refractivity contribution in [3.63, 3.8) is 0 Å². The third kappa shape index (κ3) is 5.95. The molecule has 4 rings (SSSR count). The molecule has 0 fully saturated rings. The zero-order chi connectivity index (χ0) is 23.8. The molecule has 172 valence electrons. The van der Waals surface area contributed by atoms with Crippen LogP contribution in [0.2, 0.25) is 0 Å². The lowest BCUT2D eigenvalue weighted by Gasteiger charge is -2.15. The maximum Gasteiger partial charge on any atom is 0.255 e. The lowest BCUT2D eigenvalue weighted by atomic mass is 10.1. The number of carbonyl (C=O) groups excluding carboxylic acids is 1. The summed E-state index contributed by atoms with van der Waals surface area (Å²) in [4.78, 5) is 13.1. The third-order valence-corrected chi connectivity index (χ3v) is 5.14. The molecule has 0 aliphatic carbocycles. The molecule has 0 bridgehead atoms. The Labute approximate surface area is 199 Å². The van der Waals surface area contributed by atoms with Gasteiger partial charge in [-0.3, -0.25) is 4.79 Å². The minimum atomic E-state index is -0.247. The molecule has 0 radical (unpaired) electrons. The number of ether oxygens (including phenoxy) is 3. The average Bonchev–Trinajstić information content (AvgIpc) is 2.86. The number of nitrogens with one attached hydrogen (secondary N) is 1. The molecule has 0 unspecified atom stereocenters. The second-order valence-electron chi connectivity index (χ2n) is 7.72. The van der Waals surface area contributed by atoms with Gasteiger partial charge in [0.25, 0.3) is 5.91 Å². The quantitative estimate of drug-likeness (QED) is 0.296. The van der Waals surface area contributed by atoms with E-state index >= 15 is 0 Å². The number of hydrogen-bond donors (Lipinski definition) is 1. The predicted molar refractivity (Wildman–Crippen MR) is 134 cm³/mol. The van der Waals surface area contributed by atoms with E-state index in [-0.39, 0.29) is 12.5 Å². The van der Waals surface area contributed by atoms with Crippen molar-refractivity contribution in [2.45, 2.75) is 20.5 Å². The third-order valence-electron chi connectivity index (χ3n) is 5.14. The number of para-hydroxylation sites is 3. The summed E-state index contributed by atoms with van der Waals surface area (Å²) in [5.41, 5.74) is 3.05. The van der Waals surface area contributed by atoms with E-state index in [0.717, 1.165) is 16.9 Å². The van der Waals surface area contributed by atoms with Gasteiger partial charge in [-0.1, -0.05) is 48.0 Å². The highest BCUT2D eigenvalue weighted by atomic mass is 16.5. The fourth-order valence-corrected chi connectivity index (χ4v) is 3.39. The van der Waals surface area contributed by atoms with Gasteiger partial charge in [0.05, 0.1) is 12.3 Å². The topological polar surface area (TPSA) is 56.8 Å². The highest BCUT2D eigenvalue weighted by Gasteiger charge is 2.14. The SMILES string of the molecule is CCOc1ccc(C(=O)Nc2ccccc2Oc2ccccc2)cc1COc1ccc(C)cc1. The van der Waals surface area contributed by atoms with E-state index in [1.807, 2.05) is 92.7 Å². The van der Waals surface area contributed by atoms with E-state index in [1.165, 1.54) is 0 Å². The maximum absolute atomic E-state index is 13.1. The van der Waals surface area contributed by atoms with Crippen molar-refractivity contribution < 1.29 is 19.0 Å². The van der Waals surface area contributed by atoms with Crippen molar-refractivity contribution in [2.75, 3.05) is 11.9 Å². The van der Waals surface area contributed by atoms with Crippen molar-refractivity contribution in [1.82, 2.24) is 0 Å². The molecule has 0 heterocycles. The number of aryl methyl sites for hydroxylation is 1. The normalized spacial score (nSPS) is 10.4. The molecule has 4 aromatic rings. The first kappa shape index (κ1) is 22.9. The van der Waals surface area contributed by atoms with Crippen LogP contribution in [0.3, 0.4) is 0 Å². The molecule has 0 aromatic heterocycles. The molecular formula is C29H27NO4. The smallest absolute Gasteiger partial charge is 0.255 e. The number of anilines is 1. The number of hydrogen-bond acceptors (Lipinski definition) is 4. The predicted octanol–water partition coefficient (Wildman–Crippen LogP) is 7.02. The molecule has 5 heteroatoms. The van der Waals surface area contributed by atoms with Gasteiger partial charge < -0.3 is 19.5 Å². The maximum atomic E-state index is 13.1. The molecule has 0 spiro atoms. The molecule has 34 heavy (non-hydrogen) atoms. The number of amides is 1. The summed E-state index contributed by atoms with van der Waals surface area (Å²) in [5, 5.41) is 2.96. The average molecular weight is 454 g/mol. The summed E-state index contributed by atoms with van der Waals surface area (Å²) in [6.45, 7) is 4.76. The second-order valence-corrected chi connectivity index (χ2v) is 7.72. The summed E-state index contributed by atoms with van der Waals surface area (Å²) in [6, 6.07) is 30.0. The number of rotatable bonds is 9. The van der Waals surface area contributed by atoms with Crippen molar-refractivity contribution in [3.8, 4) is 23.0 Å². The molecule has 1 amide bonds. The molecule has 0 saturated carbocycles. The van der Waals surface area contributed by atoms with Gasteiger partial charge in [-0.25, -0.2) is 0 Å². The van der Waals surface area contributed by atoms with E-state index in [4.69, 9.17) is 14.2 Å². The minimum absolute atomic E-state index is 0.247. The fraction of sp³-hybridized carbons (Fsp3) is 0.138. The van der Waals surface area contributed by atoms with Gasteiger partial charge in [0, 0.05) is 11.1 Å². The van der Waals surface area contributed by atoms with Crippen molar-refractivity contribution in [3.05, 3.63) is 114 Å². The van der Waals surface area contributed by atoms with Crippen LogP contribution in [0.1, 0.15) is 28.4 Å². The van der Waals surface area contributed by atoms with Gasteiger partial charge in [-0.05, 0) is 68.4 Å². The van der Waals surface area contributed by atoms with Crippen LogP contribution in [0.5, 0.6) is 23.0 Å². The number of benzene rings is 4. The highest BCUT2D eigenvalue weighted by Crippen LogP contribution is 2.30. The van der Waals surface area contributed by atoms with Gasteiger partial charge in [0.1, 0.15) is 23.9 Å². The van der Waals surface area contributed by atoms with Gasteiger partial charge in [0.2, 0.25) is 0 Å². The fourth-order valence-electron chi connectivity index (χ4n) is 3.39. The monoisotopic (exact) mass is 453 g/mol. The Hall–Kier alpha value is -4.25. The molecule has 0 atom stereocenters. The molecule has 0 aliphatic heterocycles. The Morgan fingerprint density at radius 1 is 0.765 bits per heavy atom. The Balaban J connectivity index is 1.52. The van der Waals surface area contributed by atoms with Gasteiger partial charge in [-0.15, -0.1) is 0 Å². The molecule has 0 aliphatic rings. The van der Waals surface area contributed by atoms with Gasteiger partial charge in [-0.2, -0.15) is 0 Å². The van der Waals surface area contributed by atoms with E-state index in [2.05, 4.69) is 5.32 Å². The Bertz CT molecular complexity index is 1240. The van der Waals surface area contributed by atoms with Crippen LogP contribution in [0.4, 0.5) is 5.69 Å². The second kappa shape index (κ2) is 11.1. The standard InChI is InChI=1S/C29H27NO4/c1-3-32-27-18-15-22(19-23(27)20-33-24-16-13-21(2)14-17-24)29(31)30-26-11-7-8-12-28(26)34-25-9-5-4-6-10-25/h4-19H,3,20H2,1-2H3,(H,30,31). The Morgan fingerprint density at radius 3 is 2.26 bits per heavy atom. The van der Waals surface area contributed by atoms with Crippen LogP contribution in [0.25, 0.3) is 0 Å². The lowest BCUT2D eigenvalue weighted by Crippen LogP contribution is -2.13. The Kier molecular flexibility index (Phi) is 7.45. The van der Waals surface area contributed by atoms with Crippen LogP contribution in [-0.2, 0) is 6.61 Å². The molecule has 0 saturated heterocycles. The van der Waals surface area contributed by atoms with E-state index in [9.17, 15) is 4.79 Å². The van der Waals surface area contributed by atoms with Crippen LogP contribution in [0, 0.1) is 6.92 Å². The molecule has 5 nitrogen and oxygen atoms in total. The summed E-state index contributed by atoms with van der Waals surface area (Å²) in [6.07, 6.45) is 0. The largest absolute Gasteiger partial charge is 0.493 e. The summed E-state index contributed by atoms with van der Waals surface area (Å²) >= 11 is 0. The van der Waals surface area contributed by atoms with Crippen LogP contribution >= 0.6 is 0 Å². The van der Waals surface area contributed by atoms with Gasteiger partial charge >= 0.3 is 0 Å². The highest BCUT2D eigenvalue weighted by molar-refractivity contribution is 6.05. The van der Waals surface area contributed by atoms with Crippen molar-refractivity contribution in [2.24, 2.45) is 0 Å². The zero-order valence-electron chi connectivity index (χ0n) is 19.3. The van der Waals surface area contributed by atoms with Crippen molar-refractivity contribution >= 4 is 11.6 Å². The van der Waals surface area contributed by atoms with Crippen LogP contribution in [0.15, 0.2) is 97.1 Å². The van der Waals surface area contributed by atoms with Gasteiger partial charge in [0.15, 0.2) is 5.75 Å². The van der Waals surface area contributed by atoms with Crippen LogP contribution in [-0.4, -0.2) is 12.5 Å². The van der Waals surface area contributed by atoms with E-state index in [1.54, 1.807) is 18.2 Å². The lowest BCUT2D eigenvalue weighted by molar-refractivity contribution is 0.102. The van der Waals surface area contributed by atoms with Crippen molar-refractivity contribution in [1.29, 1.82) is 0 Å². The number of carbonyl (C=O) groups is 1. The van der Waals surface area contributed by atoms with E-state index < -0.39 is 0 Å². The minimum Gasteiger partial charge on any atom is -0.493 e. The zero-order valence-corrected chi connectivity index (χ0v) is 19.3. The summed E-state index contributed by atoms with van der Waals surface area (Å²) < 4.78 is 17.7. The first-order valence-electron chi connectivity index (χ1n) is 11.2. The van der Waals surface area contributed by atoms with E-state index in [0.29, 0.717) is 35.1 Å². The first-order valence-corrected chi connectivity index (χ1v) is 11.2. The molecule has 4 aromatic carbocycles. The molecular weight excluding hydrogens is 426 g/mol. The first-order chi connectivity index (χ1) is 16.6. The summed E-state index contributed by atoms with van der Waals surface area (Å²) in [7, 11) is 0. The summed E-state index contributed by atoms with van der Waals surface area (Å²) in [5.74, 6) is 2.47. The Morgan fingerprint density at radius 2 is 1.50 bits per heavy atom. The van der Waals surface area contributed by atoms with Crippen LogP contribution < -0.4 is 19.5 Å². The molecule has 1 N–H and O–H groups in total.